The molecule has 0 saturated carbocycles. The summed E-state index contributed by atoms with van der Waals surface area (Å²) in [6, 6.07) is 2.05. The number of rotatable bonds is 9. The van der Waals surface area contributed by atoms with Crippen LogP contribution in [0, 0.1) is 0 Å². The Morgan fingerprint density at radius 1 is 1.00 bits per heavy atom. The summed E-state index contributed by atoms with van der Waals surface area (Å²) < 4.78 is 5.39. The lowest BCUT2D eigenvalue weighted by molar-refractivity contribution is 0.134. The summed E-state index contributed by atoms with van der Waals surface area (Å²) in [6.07, 6.45) is 4.48. The van der Waals surface area contributed by atoms with E-state index < -0.39 is 8.32 Å². The van der Waals surface area contributed by atoms with Gasteiger partial charge in [0, 0.05) is 13.2 Å². The van der Waals surface area contributed by atoms with Crippen LogP contribution in [0.4, 0.5) is 0 Å². The Bertz CT molecular complexity index is 126. The molecular formula is C11H26O2Si. The molecule has 0 saturated heterocycles. The molecule has 0 amide bonds. The first-order valence-corrected chi connectivity index (χ1v) is 8.78. The van der Waals surface area contributed by atoms with E-state index in [1.54, 1.807) is 0 Å². The van der Waals surface area contributed by atoms with Crippen LogP contribution in [0.3, 0.4) is 0 Å². The summed E-state index contributed by atoms with van der Waals surface area (Å²) in [5.41, 5.74) is 0. The van der Waals surface area contributed by atoms with Crippen molar-refractivity contribution in [2.24, 2.45) is 0 Å². The molecule has 0 aliphatic heterocycles. The normalized spacial score (nSPS) is 15.4. The molecule has 0 aromatic heterocycles. The third-order valence-corrected chi connectivity index (χ3v) is 5.28. The summed E-state index contributed by atoms with van der Waals surface area (Å²) >= 11 is 0. The molecule has 0 rings (SSSR count). The Kier molecular flexibility index (Phi) is 8.53. The Morgan fingerprint density at radius 3 is 2.21 bits per heavy atom. The lowest BCUT2D eigenvalue weighted by Crippen LogP contribution is -2.29. The van der Waals surface area contributed by atoms with Crippen LogP contribution < -0.4 is 0 Å². The first kappa shape index (κ1) is 14.1. The van der Waals surface area contributed by atoms with Crippen LogP contribution in [0.1, 0.15) is 39.5 Å². The maximum Gasteiger partial charge on any atom is 0.185 e. The summed E-state index contributed by atoms with van der Waals surface area (Å²) in [4.78, 5) is 10.1. The molecule has 0 bridgehead atoms. The molecule has 0 aliphatic carbocycles. The van der Waals surface area contributed by atoms with Crippen molar-refractivity contribution in [3.63, 3.8) is 0 Å². The molecule has 2 nitrogen and oxygen atoms in total. The minimum Gasteiger partial charge on any atom is -0.432 e. The molecule has 3 heteroatoms. The van der Waals surface area contributed by atoms with Gasteiger partial charge in [0.1, 0.15) is 0 Å². The van der Waals surface area contributed by atoms with Gasteiger partial charge in [-0.1, -0.05) is 26.7 Å². The lowest BCUT2D eigenvalue weighted by atomic mass is 10.4. The number of hydrogen-bond donors (Lipinski definition) is 1. The van der Waals surface area contributed by atoms with E-state index in [9.17, 15) is 4.80 Å². The van der Waals surface area contributed by atoms with Gasteiger partial charge in [0.2, 0.25) is 0 Å². The predicted octanol–water partition coefficient (Wildman–Crippen LogP) is 3.17. The molecule has 0 radical (unpaired) electrons. The van der Waals surface area contributed by atoms with E-state index in [1.807, 2.05) is 0 Å². The zero-order valence-corrected chi connectivity index (χ0v) is 11.0. The summed E-state index contributed by atoms with van der Waals surface area (Å²) in [5, 5.41) is 0. The maximum atomic E-state index is 10.1. The Morgan fingerprint density at radius 2 is 1.64 bits per heavy atom. The van der Waals surface area contributed by atoms with Gasteiger partial charge >= 0.3 is 0 Å². The molecule has 14 heavy (non-hydrogen) atoms. The average molecular weight is 218 g/mol. The van der Waals surface area contributed by atoms with Crippen molar-refractivity contribution in [3.05, 3.63) is 0 Å². The van der Waals surface area contributed by atoms with Gasteiger partial charge in [-0.15, -0.1) is 0 Å². The van der Waals surface area contributed by atoms with Crippen LogP contribution >= 0.6 is 0 Å². The fraction of sp³-hybridized carbons (Fsp3) is 1.00. The van der Waals surface area contributed by atoms with Gasteiger partial charge in [0.25, 0.3) is 0 Å². The SMILES string of the molecule is CCCC[Si](C)(O)CCCOCCC. The van der Waals surface area contributed by atoms with Crippen molar-refractivity contribution in [2.45, 2.75) is 58.2 Å². The molecule has 0 fully saturated rings. The largest absolute Gasteiger partial charge is 0.432 e. The molecule has 0 aliphatic rings. The molecule has 1 unspecified atom stereocenters. The number of unbranched alkanes of at least 4 members (excludes halogenated alkanes) is 1. The number of ether oxygens (including phenoxy) is 1. The third kappa shape index (κ3) is 8.72. The first-order valence-electron chi connectivity index (χ1n) is 5.92. The molecular weight excluding hydrogens is 192 g/mol. The first-order chi connectivity index (χ1) is 6.62. The molecule has 86 valence electrons. The van der Waals surface area contributed by atoms with Gasteiger partial charge in [-0.2, -0.15) is 0 Å². The molecule has 0 heterocycles. The fourth-order valence-electron chi connectivity index (χ4n) is 1.48. The topological polar surface area (TPSA) is 29.5 Å². The van der Waals surface area contributed by atoms with E-state index in [1.165, 1.54) is 12.8 Å². The zero-order valence-electron chi connectivity index (χ0n) is 10.0. The van der Waals surface area contributed by atoms with Crippen molar-refractivity contribution in [2.75, 3.05) is 13.2 Å². The van der Waals surface area contributed by atoms with E-state index >= 15 is 0 Å². The van der Waals surface area contributed by atoms with Gasteiger partial charge in [-0.25, -0.2) is 0 Å². The second-order valence-corrected chi connectivity index (χ2v) is 8.31. The quantitative estimate of drug-likeness (QED) is 0.476. The van der Waals surface area contributed by atoms with Gasteiger partial charge in [-0.05, 0) is 31.5 Å². The minimum absolute atomic E-state index is 0.823. The van der Waals surface area contributed by atoms with Gasteiger partial charge in [0.15, 0.2) is 8.32 Å². The van der Waals surface area contributed by atoms with Crippen molar-refractivity contribution >= 4 is 8.32 Å². The van der Waals surface area contributed by atoms with E-state index in [4.69, 9.17) is 4.74 Å². The van der Waals surface area contributed by atoms with E-state index in [-0.39, 0.29) is 0 Å². The minimum atomic E-state index is -1.86. The molecule has 0 aromatic rings. The number of hydrogen-bond acceptors (Lipinski definition) is 2. The Balaban J connectivity index is 3.35. The van der Waals surface area contributed by atoms with Crippen molar-refractivity contribution < 1.29 is 9.53 Å². The predicted molar refractivity (Wildman–Crippen MR) is 64.1 cm³/mol. The standard InChI is InChI=1S/C11H26O2Si/c1-4-6-10-14(3,12)11-7-9-13-8-5-2/h12H,4-11H2,1-3H3. The fourth-order valence-corrected chi connectivity index (χ4v) is 3.76. The van der Waals surface area contributed by atoms with Gasteiger partial charge in [0.05, 0.1) is 0 Å². The van der Waals surface area contributed by atoms with Crippen LogP contribution in [-0.4, -0.2) is 26.3 Å². The summed E-state index contributed by atoms with van der Waals surface area (Å²) in [6.45, 7) is 8.05. The highest BCUT2D eigenvalue weighted by molar-refractivity contribution is 6.71. The Hall–Kier alpha value is 0.137. The molecule has 1 N–H and O–H groups in total. The highest BCUT2D eigenvalue weighted by atomic mass is 28.4. The van der Waals surface area contributed by atoms with E-state index in [0.29, 0.717) is 0 Å². The van der Waals surface area contributed by atoms with Crippen molar-refractivity contribution in [1.29, 1.82) is 0 Å². The van der Waals surface area contributed by atoms with Crippen LogP contribution in [0.2, 0.25) is 18.6 Å². The highest BCUT2D eigenvalue weighted by Crippen LogP contribution is 2.17. The summed E-state index contributed by atoms with van der Waals surface area (Å²) in [7, 11) is -1.86. The van der Waals surface area contributed by atoms with Crippen LogP contribution in [0.5, 0.6) is 0 Å². The maximum absolute atomic E-state index is 10.1. The van der Waals surface area contributed by atoms with Gasteiger partial charge < -0.3 is 9.53 Å². The third-order valence-electron chi connectivity index (χ3n) is 2.42. The van der Waals surface area contributed by atoms with Crippen LogP contribution in [0.15, 0.2) is 0 Å². The van der Waals surface area contributed by atoms with Crippen molar-refractivity contribution in [1.82, 2.24) is 0 Å². The van der Waals surface area contributed by atoms with E-state index in [2.05, 4.69) is 20.4 Å². The monoisotopic (exact) mass is 218 g/mol. The second kappa shape index (κ2) is 8.45. The van der Waals surface area contributed by atoms with Crippen LogP contribution in [-0.2, 0) is 4.74 Å². The average Bonchev–Trinajstić information content (AvgIpc) is 2.15. The zero-order chi connectivity index (χ0) is 10.9. The smallest absolute Gasteiger partial charge is 0.185 e. The molecule has 1 atom stereocenters. The molecule has 0 aromatic carbocycles. The summed E-state index contributed by atoms with van der Waals surface area (Å²) in [5.74, 6) is 0. The molecule has 0 spiro atoms. The van der Waals surface area contributed by atoms with Gasteiger partial charge in [-0.3, -0.25) is 0 Å². The Labute approximate surface area is 89.8 Å². The van der Waals surface area contributed by atoms with E-state index in [0.717, 1.165) is 38.1 Å². The lowest BCUT2D eigenvalue weighted by Gasteiger charge is -2.19. The highest BCUT2D eigenvalue weighted by Gasteiger charge is 2.22. The second-order valence-electron chi connectivity index (χ2n) is 4.32. The van der Waals surface area contributed by atoms with Crippen molar-refractivity contribution in [3.8, 4) is 0 Å². The van der Waals surface area contributed by atoms with Crippen LogP contribution in [0.25, 0.3) is 0 Å².